The maximum absolute atomic E-state index is 12.4. The third kappa shape index (κ3) is 2.17. The summed E-state index contributed by atoms with van der Waals surface area (Å²) in [6.07, 6.45) is 1.91. The number of carbonyl (C=O) groups is 1. The molecule has 2 aliphatic rings. The van der Waals surface area contributed by atoms with E-state index in [2.05, 4.69) is 0 Å². The first-order valence-electron chi connectivity index (χ1n) is 7.51. The number of hydrogen-bond acceptors (Lipinski definition) is 5. The molecule has 22 heavy (non-hydrogen) atoms. The van der Waals surface area contributed by atoms with E-state index in [0.717, 1.165) is 18.2 Å². The van der Waals surface area contributed by atoms with E-state index in [1.807, 2.05) is 18.2 Å². The molecule has 0 saturated heterocycles. The molecule has 2 bridgehead atoms. The zero-order chi connectivity index (χ0) is 15.3. The Hall–Kier alpha value is -1.36. The standard InChI is InChI=1S/C14H11O3.C2H4O2.Hg/c15-14-12-8-5-6-9(7-8)16-13(12)10-3-1-2-4-11(10)17-14;1-2(3)4;/h1-4,7-9H,5-6H2;1H3,(H,3,4);/q;;+1/p-1/t8-,9+;;/m1../s1. The van der Waals surface area contributed by atoms with Crippen molar-refractivity contribution in [1.29, 1.82) is 0 Å². The van der Waals surface area contributed by atoms with Gasteiger partial charge in [-0.15, -0.1) is 0 Å². The minimum atomic E-state index is -1.90. The molecule has 2 heterocycles. The number of para-hydroxylation sites is 1. The maximum atomic E-state index is 12.4. The Morgan fingerprint density at radius 2 is 2.14 bits per heavy atom. The molecule has 5 nitrogen and oxygen atoms in total. The SMILES string of the molecule is CC(=O)[O][Hg][C@@H]1[C@@H]2CC[C@H]1c1c(c3ccccc3oc1=O)O2. The van der Waals surface area contributed by atoms with Crippen molar-refractivity contribution in [3.8, 4) is 5.75 Å². The molecule has 1 aliphatic carbocycles. The monoisotopic (exact) mass is 488 g/mol. The first-order chi connectivity index (χ1) is 10.6. The van der Waals surface area contributed by atoms with Gasteiger partial charge in [0, 0.05) is 0 Å². The van der Waals surface area contributed by atoms with Gasteiger partial charge in [0.1, 0.15) is 0 Å². The van der Waals surface area contributed by atoms with Crippen molar-refractivity contribution < 1.29 is 41.6 Å². The fraction of sp³-hybridized carbons (Fsp3) is 0.375. The molecule has 4 rings (SSSR count). The molecule has 6 heteroatoms. The minimum absolute atomic E-state index is 0.0868. The van der Waals surface area contributed by atoms with Gasteiger partial charge in [-0.3, -0.25) is 0 Å². The van der Waals surface area contributed by atoms with Crippen molar-refractivity contribution >= 4 is 16.9 Å². The Morgan fingerprint density at radius 3 is 2.95 bits per heavy atom. The molecule has 0 amide bonds. The van der Waals surface area contributed by atoms with Crippen molar-refractivity contribution in [3.05, 3.63) is 40.2 Å². The van der Waals surface area contributed by atoms with Crippen molar-refractivity contribution in [3.63, 3.8) is 0 Å². The van der Waals surface area contributed by atoms with Gasteiger partial charge < -0.3 is 0 Å². The Morgan fingerprint density at radius 1 is 1.32 bits per heavy atom. The normalized spacial score (nSPS) is 25.2. The Kier molecular flexibility index (Phi) is 3.48. The summed E-state index contributed by atoms with van der Waals surface area (Å²) in [5.41, 5.74) is 0.915. The quantitative estimate of drug-likeness (QED) is 0.482. The molecule has 2 aromatic rings. The number of benzene rings is 1. The van der Waals surface area contributed by atoms with Crippen LogP contribution < -0.4 is 10.4 Å². The van der Waals surface area contributed by atoms with Crippen LogP contribution in [-0.2, 0) is 32.5 Å². The van der Waals surface area contributed by atoms with E-state index in [1.165, 1.54) is 6.92 Å². The summed E-state index contributed by atoms with van der Waals surface area (Å²) >= 11 is -1.90. The van der Waals surface area contributed by atoms with Crippen LogP contribution in [0, 0.1) is 0 Å². The van der Waals surface area contributed by atoms with Gasteiger partial charge in [0.05, 0.1) is 0 Å². The summed E-state index contributed by atoms with van der Waals surface area (Å²) in [6, 6.07) is 7.47. The fourth-order valence-corrected chi connectivity index (χ4v) is 10.2. The zero-order valence-corrected chi connectivity index (χ0v) is 17.7. The third-order valence-electron chi connectivity index (χ3n) is 4.67. The Bertz CT molecular complexity index is 812. The van der Waals surface area contributed by atoms with Crippen LogP contribution in [-0.4, -0.2) is 12.1 Å². The predicted octanol–water partition coefficient (Wildman–Crippen LogP) is 2.78. The van der Waals surface area contributed by atoms with E-state index < -0.39 is 25.0 Å². The molecule has 0 N–H and O–H groups in total. The Labute approximate surface area is 139 Å². The molecule has 110 valence electrons. The summed E-state index contributed by atoms with van der Waals surface area (Å²) in [5, 5.41) is 0.858. The van der Waals surface area contributed by atoms with E-state index >= 15 is 0 Å². The molecule has 3 atom stereocenters. The van der Waals surface area contributed by atoms with Crippen LogP contribution in [0.15, 0.2) is 33.5 Å². The number of rotatable bonds is 2. The van der Waals surface area contributed by atoms with E-state index in [4.69, 9.17) is 11.8 Å². The number of fused-ring (bicyclic) bond motifs is 6. The second-order valence-corrected chi connectivity index (χ2v) is 12.0. The fourth-order valence-electron chi connectivity index (χ4n) is 3.71. The van der Waals surface area contributed by atoms with Gasteiger partial charge in [-0.05, 0) is 0 Å². The second-order valence-electron chi connectivity index (χ2n) is 5.94. The topological polar surface area (TPSA) is 65.7 Å². The van der Waals surface area contributed by atoms with Crippen molar-refractivity contribution in [2.75, 3.05) is 0 Å². The third-order valence-corrected chi connectivity index (χ3v) is 12.7. The average molecular weight is 487 g/mol. The number of carbonyl (C=O) groups excluding carboxylic acids is 1. The van der Waals surface area contributed by atoms with Crippen LogP contribution in [0.1, 0.15) is 31.2 Å². The van der Waals surface area contributed by atoms with Gasteiger partial charge in [0.25, 0.3) is 0 Å². The molecular formula is C16H14HgO5. The van der Waals surface area contributed by atoms with Gasteiger partial charge in [-0.1, -0.05) is 0 Å². The summed E-state index contributed by atoms with van der Waals surface area (Å²) < 4.78 is 17.3. The first kappa shape index (κ1) is 14.2. The average Bonchev–Trinajstić information content (AvgIpc) is 2.76. The predicted molar refractivity (Wildman–Crippen MR) is 74.4 cm³/mol. The van der Waals surface area contributed by atoms with Gasteiger partial charge in [0.15, 0.2) is 0 Å². The zero-order valence-electron chi connectivity index (χ0n) is 12.2. The van der Waals surface area contributed by atoms with Crippen LogP contribution in [0.3, 0.4) is 0 Å². The summed E-state index contributed by atoms with van der Waals surface area (Å²) in [6.45, 7) is 1.45. The molecule has 1 fully saturated rings. The van der Waals surface area contributed by atoms with Gasteiger partial charge in [-0.2, -0.15) is 0 Å². The summed E-state index contributed by atoms with van der Waals surface area (Å²) in [5.74, 6) is 0.611. The molecule has 1 aromatic heterocycles. The molecule has 0 spiro atoms. The van der Waals surface area contributed by atoms with Gasteiger partial charge >= 0.3 is 140 Å². The van der Waals surface area contributed by atoms with Crippen LogP contribution in [0.4, 0.5) is 0 Å². The van der Waals surface area contributed by atoms with Crippen LogP contribution in [0.25, 0.3) is 11.0 Å². The Balaban J connectivity index is 1.82. The van der Waals surface area contributed by atoms with Gasteiger partial charge in [-0.25, -0.2) is 0 Å². The van der Waals surface area contributed by atoms with Crippen molar-refractivity contribution in [2.24, 2.45) is 0 Å². The molecule has 0 unspecified atom stereocenters. The first-order valence-corrected chi connectivity index (χ1v) is 12.9. The van der Waals surface area contributed by atoms with E-state index in [-0.39, 0.29) is 27.0 Å². The van der Waals surface area contributed by atoms with Gasteiger partial charge in [0.2, 0.25) is 0 Å². The van der Waals surface area contributed by atoms with Crippen molar-refractivity contribution in [2.45, 2.75) is 35.2 Å². The molecule has 0 radical (unpaired) electrons. The van der Waals surface area contributed by atoms with E-state index in [1.54, 1.807) is 6.07 Å². The second kappa shape index (κ2) is 5.37. The van der Waals surface area contributed by atoms with Crippen molar-refractivity contribution in [1.82, 2.24) is 0 Å². The molecule has 1 aliphatic heterocycles. The van der Waals surface area contributed by atoms with Crippen LogP contribution in [0.5, 0.6) is 5.75 Å². The van der Waals surface area contributed by atoms with Crippen LogP contribution >= 0.6 is 0 Å². The number of ether oxygens (including phenoxy) is 1. The molecular weight excluding hydrogens is 473 g/mol. The molecule has 1 aromatic carbocycles. The summed E-state index contributed by atoms with van der Waals surface area (Å²) in [4.78, 5) is 23.5. The summed E-state index contributed by atoms with van der Waals surface area (Å²) in [7, 11) is 0. The molecule has 1 saturated carbocycles. The van der Waals surface area contributed by atoms with Crippen LogP contribution in [0.2, 0.25) is 3.43 Å². The van der Waals surface area contributed by atoms with E-state index in [9.17, 15) is 9.59 Å². The van der Waals surface area contributed by atoms with E-state index in [0.29, 0.717) is 16.9 Å². The number of hydrogen-bond donors (Lipinski definition) is 0.